The molecule has 0 aliphatic carbocycles. The second-order valence-electron chi connectivity index (χ2n) is 5.32. The SMILES string of the molecule is [Li][CH2]CCCS[Si](C)(C)C(C)(C)C. The third kappa shape index (κ3) is 5.57. The third-order valence-electron chi connectivity index (χ3n) is 3.02. The molecule has 0 nitrogen and oxygen atoms in total. The zero-order chi connectivity index (χ0) is 10.5. The van der Waals surface area contributed by atoms with Gasteiger partial charge in [-0.25, -0.2) is 0 Å². The van der Waals surface area contributed by atoms with Crippen LogP contribution in [0.25, 0.3) is 0 Å². The van der Waals surface area contributed by atoms with Gasteiger partial charge in [0.15, 0.2) is 0 Å². The fraction of sp³-hybridized carbons (Fsp3) is 1.00. The van der Waals surface area contributed by atoms with Crippen molar-refractivity contribution in [2.75, 3.05) is 5.75 Å². The monoisotopic (exact) mass is 210 g/mol. The molecule has 0 aliphatic rings. The summed E-state index contributed by atoms with van der Waals surface area (Å²) in [7, 11) is -1.04. The van der Waals surface area contributed by atoms with E-state index in [9.17, 15) is 0 Å². The van der Waals surface area contributed by atoms with Gasteiger partial charge in [-0.05, 0) is 0 Å². The van der Waals surface area contributed by atoms with E-state index in [2.05, 4.69) is 62.8 Å². The Bertz CT molecular complexity index is 140. The molecule has 0 saturated heterocycles. The van der Waals surface area contributed by atoms with Crippen LogP contribution in [0.2, 0.25) is 23.2 Å². The molecule has 0 unspecified atom stereocenters. The first-order valence-electron chi connectivity index (χ1n) is 5.45. The van der Waals surface area contributed by atoms with Gasteiger partial charge < -0.3 is 0 Å². The molecule has 74 valence electrons. The molecular weight excluding hydrogens is 187 g/mol. The Morgan fingerprint density at radius 1 is 1.15 bits per heavy atom. The van der Waals surface area contributed by atoms with Crippen LogP contribution in [0, 0.1) is 0 Å². The zero-order valence-electron chi connectivity index (χ0n) is 10.2. The molecule has 0 saturated carbocycles. The van der Waals surface area contributed by atoms with Crippen LogP contribution in [0.5, 0.6) is 0 Å². The summed E-state index contributed by atoms with van der Waals surface area (Å²) in [5.41, 5.74) is 0. The van der Waals surface area contributed by atoms with E-state index in [1.54, 1.807) is 0 Å². The van der Waals surface area contributed by atoms with Crippen LogP contribution in [0.15, 0.2) is 0 Å². The van der Waals surface area contributed by atoms with E-state index in [4.69, 9.17) is 0 Å². The number of unbranched alkanes of at least 4 members (excludes halogenated alkanes) is 1. The average molecular weight is 210 g/mol. The molecule has 0 aromatic carbocycles. The first-order chi connectivity index (χ1) is 5.81. The predicted octanol–water partition coefficient (Wildman–Crippen LogP) is 4.09. The Balaban J connectivity index is 3.77. The topological polar surface area (TPSA) is 0 Å². The summed E-state index contributed by atoms with van der Waals surface area (Å²) >= 11 is 4.54. The van der Waals surface area contributed by atoms with E-state index in [1.807, 2.05) is 0 Å². The minimum atomic E-state index is -1.04. The van der Waals surface area contributed by atoms with Crippen molar-refractivity contribution >= 4 is 36.1 Å². The van der Waals surface area contributed by atoms with Crippen molar-refractivity contribution in [3.05, 3.63) is 0 Å². The predicted molar refractivity (Wildman–Crippen MR) is 69.5 cm³/mol. The van der Waals surface area contributed by atoms with Gasteiger partial charge in [-0.3, -0.25) is 0 Å². The number of rotatable bonds is 5. The molecule has 0 fully saturated rings. The summed E-state index contributed by atoms with van der Waals surface area (Å²) < 4.78 is 0. The molecule has 0 heterocycles. The van der Waals surface area contributed by atoms with Crippen LogP contribution in [-0.4, -0.2) is 30.7 Å². The molecule has 0 radical (unpaired) electrons. The fourth-order valence-electron chi connectivity index (χ4n) is 0.896. The van der Waals surface area contributed by atoms with Gasteiger partial charge in [0.05, 0.1) is 0 Å². The van der Waals surface area contributed by atoms with Crippen LogP contribution in [-0.2, 0) is 0 Å². The van der Waals surface area contributed by atoms with Crippen molar-refractivity contribution < 1.29 is 0 Å². The molecular formula is C10H23LiSSi. The zero-order valence-corrected chi connectivity index (χ0v) is 12.1. The summed E-state index contributed by atoms with van der Waals surface area (Å²) in [6, 6.07) is 0. The van der Waals surface area contributed by atoms with E-state index in [0.717, 1.165) is 0 Å². The third-order valence-corrected chi connectivity index (χ3v) is 12.5. The van der Waals surface area contributed by atoms with Gasteiger partial charge in [-0.15, -0.1) is 0 Å². The molecule has 0 amide bonds. The van der Waals surface area contributed by atoms with Crippen LogP contribution < -0.4 is 0 Å². The van der Waals surface area contributed by atoms with Gasteiger partial charge in [0, 0.05) is 0 Å². The van der Waals surface area contributed by atoms with Gasteiger partial charge in [-0.1, -0.05) is 0 Å². The standard InChI is InChI=1S/C10H23SSi.Li/c1-7-8-9-11-12(5,6)10(2,3)4;/h1,7-9H2,2-6H3;. The van der Waals surface area contributed by atoms with Crippen molar-refractivity contribution in [3.8, 4) is 0 Å². The van der Waals surface area contributed by atoms with Gasteiger partial charge in [0.25, 0.3) is 0 Å². The van der Waals surface area contributed by atoms with Crippen LogP contribution in [0.4, 0.5) is 0 Å². The molecule has 0 aromatic rings. The fourth-order valence-corrected chi connectivity index (χ4v) is 5.45. The molecule has 0 aromatic heterocycles. The second-order valence-corrected chi connectivity index (χ2v) is 14.5. The molecule has 13 heavy (non-hydrogen) atoms. The molecule has 3 heteroatoms. The Kier molecular flexibility index (Phi) is 6.43. The summed E-state index contributed by atoms with van der Waals surface area (Å²) in [5.74, 6) is 1.38. The minimum absolute atomic E-state index is 0.546. The Labute approximate surface area is 98.5 Å². The molecule has 0 bridgehead atoms. The first-order valence-corrected chi connectivity index (χ1v) is 10.2. The quantitative estimate of drug-likeness (QED) is 0.486. The van der Waals surface area contributed by atoms with E-state index in [0.29, 0.717) is 5.04 Å². The van der Waals surface area contributed by atoms with Crippen molar-refractivity contribution in [2.24, 2.45) is 0 Å². The van der Waals surface area contributed by atoms with E-state index in [1.165, 1.54) is 23.7 Å². The first kappa shape index (κ1) is 14.2. The van der Waals surface area contributed by atoms with Crippen LogP contribution in [0.1, 0.15) is 33.6 Å². The molecule has 0 N–H and O–H groups in total. The van der Waals surface area contributed by atoms with Gasteiger partial charge >= 0.3 is 98.7 Å². The maximum absolute atomic E-state index is 2.50. The van der Waals surface area contributed by atoms with Gasteiger partial charge in [0.1, 0.15) is 0 Å². The Morgan fingerprint density at radius 3 is 2.08 bits per heavy atom. The summed E-state index contributed by atoms with van der Waals surface area (Å²) in [6.07, 6.45) is 2.81. The normalized spacial score (nSPS) is 13.5. The molecule has 0 rings (SSSR count). The van der Waals surface area contributed by atoms with Crippen molar-refractivity contribution in [2.45, 2.75) is 56.8 Å². The Morgan fingerprint density at radius 2 is 1.69 bits per heavy atom. The van der Waals surface area contributed by atoms with Crippen LogP contribution >= 0.6 is 11.2 Å². The van der Waals surface area contributed by atoms with Crippen molar-refractivity contribution in [1.82, 2.24) is 0 Å². The van der Waals surface area contributed by atoms with E-state index < -0.39 is 7.22 Å². The van der Waals surface area contributed by atoms with Gasteiger partial charge in [-0.2, -0.15) is 0 Å². The summed E-state index contributed by atoms with van der Waals surface area (Å²) in [5, 5.41) is 1.89. The van der Waals surface area contributed by atoms with E-state index in [-0.39, 0.29) is 0 Å². The average Bonchev–Trinajstić information content (AvgIpc) is 1.96. The second kappa shape index (κ2) is 5.90. The summed E-state index contributed by atoms with van der Waals surface area (Å²) in [4.78, 5) is 0. The van der Waals surface area contributed by atoms with Crippen molar-refractivity contribution in [1.29, 1.82) is 0 Å². The molecule has 0 atom stereocenters. The molecule has 0 aliphatic heterocycles. The number of hydrogen-bond acceptors (Lipinski definition) is 1. The summed E-state index contributed by atoms with van der Waals surface area (Å²) in [6.45, 7) is 12.2. The number of hydrogen-bond donors (Lipinski definition) is 0. The van der Waals surface area contributed by atoms with Gasteiger partial charge in [0.2, 0.25) is 0 Å². The van der Waals surface area contributed by atoms with Crippen molar-refractivity contribution in [3.63, 3.8) is 0 Å². The Hall–Kier alpha value is 1.16. The molecule has 0 spiro atoms. The maximum atomic E-state index is 2.50. The van der Waals surface area contributed by atoms with E-state index >= 15 is 0 Å². The van der Waals surface area contributed by atoms with Crippen LogP contribution in [0.3, 0.4) is 0 Å².